The molecule has 2 aromatic rings. The van der Waals surface area contributed by atoms with Gasteiger partial charge in [-0.25, -0.2) is 4.98 Å². The summed E-state index contributed by atoms with van der Waals surface area (Å²) < 4.78 is 39.1. The molecular formula is C10H9F3N4S. The highest BCUT2D eigenvalue weighted by Gasteiger charge is 2.33. The lowest BCUT2D eigenvalue weighted by molar-refractivity contribution is -0.141. The van der Waals surface area contributed by atoms with Crippen molar-refractivity contribution in [2.75, 3.05) is 5.73 Å². The predicted octanol–water partition coefficient (Wildman–Crippen LogP) is 2.57. The van der Waals surface area contributed by atoms with E-state index in [9.17, 15) is 13.2 Å². The number of nitrogen functional groups attached to an aromatic ring is 1. The molecule has 2 heterocycles. The molecule has 0 unspecified atom stereocenters. The van der Waals surface area contributed by atoms with Crippen molar-refractivity contribution in [1.82, 2.24) is 14.8 Å². The molecule has 0 spiro atoms. The molecule has 0 bridgehead atoms. The summed E-state index contributed by atoms with van der Waals surface area (Å²) in [6.45, 7) is 0. The Morgan fingerprint density at radius 3 is 2.61 bits per heavy atom. The number of hydrogen-bond donors (Lipinski definition) is 1. The van der Waals surface area contributed by atoms with Crippen LogP contribution < -0.4 is 5.73 Å². The van der Waals surface area contributed by atoms with Gasteiger partial charge in [-0.3, -0.25) is 4.68 Å². The average molecular weight is 274 g/mol. The van der Waals surface area contributed by atoms with Crippen LogP contribution in [0.1, 0.15) is 5.69 Å². The molecule has 2 rings (SSSR count). The Balaban J connectivity index is 2.32. The number of nitrogens with two attached hydrogens (primary N) is 1. The zero-order valence-corrected chi connectivity index (χ0v) is 10.1. The normalized spacial score (nSPS) is 11.8. The maximum absolute atomic E-state index is 12.5. The molecule has 0 saturated carbocycles. The minimum atomic E-state index is -4.47. The van der Waals surface area contributed by atoms with Crippen molar-refractivity contribution >= 4 is 17.4 Å². The van der Waals surface area contributed by atoms with Gasteiger partial charge < -0.3 is 5.73 Å². The van der Waals surface area contributed by atoms with Gasteiger partial charge in [0.15, 0.2) is 0 Å². The average Bonchev–Trinajstić information content (AvgIpc) is 2.66. The molecule has 0 aliphatic rings. The molecule has 0 aliphatic carbocycles. The Bertz CT molecular complexity index is 564. The first kappa shape index (κ1) is 12.7. The van der Waals surface area contributed by atoms with Gasteiger partial charge in [0.05, 0.1) is 23.0 Å². The maximum atomic E-state index is 12.5. The van der Waals surface area contributed by atoms with Crippen LogP contribution in [0, 0.1) is 0 Å². The van der Waals surface area contributed by atoms with Gasteiger partial charge in [-0.2, -0.15) is 18.3 Å². The van der Waals surface area contributed by atoms with Gasteiger partial charge in [0, 0.05) is 18.1 Å². The van der Waals surface area contributed by atoms with Crippen molar-refractivity contribution in [3.8, 4) is 0 Å². The molecule has 2 N–H and O–H groups in total. The molecule has 0 fully saturated rings. The lowest BCUT2D eigenvalue weighted by Crippen LogP contribution is -2.08. The SMILES string of the molecule is Cn1cc(Sc2cc(C(F)(F)F)ncc2N)cn1. The number of anilines is 1. The molecule has 8 heteroatoms. The van der Waals surface area contributed by atoms with Crippen LogP contribution >= 0.6 is 11.8 Å². The molecular weight excluding hydrogens is 265 g/mol. The van der Waals surface area contributed by atoms with Crippen LogP contribution in [0.15, 0.2) is 34.4 Å². The van der Waals surface area contributed by atoms with E-state index in [1.54, 1.807) is 24.1 Å². The Labute approximate surface area is 105 Å². The molecule has 0 atom stereocenters. The van der Waals surface area contributed by atoms with Gasteiger partial charge in [0.2, 0.25) is 0 Å². The minimum Gasteiger partial charge on any atom is -0.397 e. The third-order valence-corrected chi connectivity index (χ3v) is 3.11. The minimum absolute atomic E-state index is 0.205. The van der Waals surface area contributed by atoms with E-state index in [-0.39, 0.29) is 5.69 Å². The van der Waals surface area contributed by atoms with Crippen LogP contribution in [0.4, 0.5) is 18.9 Å². The van der Waals surface area contributed by atoms with Crippen molar-refractivity contribution in [3.05, 3.63) is 30.4 Å². The molecule has 2 aromatic heterocycles. The van der Waals surface area contributed by atoms with Crippen LogP contribution in [-0.4, -0.2) is 14.8 Å². The molecule has 0 saturated heterocycles. The summed E-state index contributed by atoms with van der Waals surface area (Å²) in [5.74, 6) is 0. The van der Waals surface area contributed by atoms with Crippen LogP contribution in [0.25, 0.3) is 0 Å². The molecule has 0 aliphatic heterocycles. The number of aromatic nitrogens is 3. The van der Waals surface area contributed by atoms with Crippen molar-refractivity contribution in [3.63, 3.8) is 0 Å². The standard InChI is InChI=1S/C10H9F3N4S/c1-17-5-6(3-16-17)18-8-2-9(10(11,12)13)15-4-7(8)14/h2-5H,14H2,1H3. The summed E-state index contributed by atoms with van der Waals surface area (Å²) in [4.78, 5) is 4.29. The molecule has 0 aromatic carbocycles. The lowest BCUT2D eigenvalue weighted by atomic mass is 10.3. The van der Waals surface area contributed by atoms with Gasteiger partial charge in [0.1, 0.15) is 5.69 Å². The first-order valence-corrected chi connectivity index (χ1v) is 5.67. The van der Waals surface area contributed by atoms with Crippen LogP contribution in [0.2, 0.25) is 0 Å². The first-order valence-electron chi connectivity index (χ1n) is 4.85. The number of alkyl halides is 3. The fourth-order valence-corrected chi connectivity index (χ4v) is 2.17. The second-order valence-electron chi connectivity index (χ2n) is 3.56. The van der Waals surface area contributed by atoms with E-state index in [1.165, 1.54) is 0 Å². The summed E-state index contributed by atoms with van der Waals surface area (Å²) in [6, 6.07) is 0.938. The summed E-state index contributed by atoms with van der Waals surface area (Å²) in [5, 5.41) is 3.93. The summed E-state index contributed by atoms with van der Waals surface area (Å²) in [7, 11) is 1.72. The lowest BCUT2D eigenvalue weighted by Gasteiger charge is -2.09. The first-order chi connectivity index (χ1) is 8.36. The monoisotopic (exact) mass is 274 g/mol. The number of hydrogen-bond acceptors (Lipinski definition) is 4. The van der Waals surface area contributed by atoms with Crippen LogP contribution in [0.5, 0.6) is 0 Å². The van der Waals surface area contributed by atoms with E-state index in [4.69, 9.17) is 5.73 Å². The van der Waals surface area contributed by atoms with E-state index >= 15 is 0 Å². The van der Waals surface area contributed by atoms with Gasteiger partial charge >= 0.3 is 6.18 Å². The number of pyridine rings is 1. The van der Waals surface area contributed by atoms with Crippen molar-refractivity contribution in [2.45, 2.75) is 16.0 Å². The largest absolute Gasteiger partial charge is 0.433 e. The number of aryl methyl sites for hydroxylation is 1. The molecule has 0 amide bonds. The Hall–Kier alpha value is -1.70. The van der Waals surface area contributed by atoms with Gasteiger partial charge in [-0.15, -0.1) is 0 Å². The fourth-order valence-electron chi connectivity index (χ4n) is 1.27. The molecule has 18 heavy (non-hydrogen) atoms. The number of rotatable bonds is 2. The number of nitrogens with zero attached hydrogens (tertiary/aromatic N) is 3. The zero-order valence-electron chi connectivity index (χ0n) is 9.27. The van der Waals surface area contributed by atoms with E-state index in [2.05, 4.69) is 10.1 Å². The van der Waals surface area contributed by atoms with E-state index in [0.29, 0.717) is 9.79 Å². The fraction of sp³-hybridized carbons (Fsp3) is 0.200. The highest BCUT2D eigenvalue weighted by atomic mass is 32.2. The summed E-state index contributed by atoms with van der Waals surface area (Å²) >= 11 is 1.12. The van der Waals surface area contributed by atoms with Crippen LogP contribution in [0.3, 0.4) is 0 Å². The van der Waals surface area contributed by atoms with E-state index in [1.807, 2.05) is 0 Å². The van der Waals surface area contributed by atoms with Gasteiger partial charge in [-0.1, -0.05) is 11.8 Å². The highest BCUT2D eigenvalue weighted by Crippen LogP contribution is 2.35. The van der Waals surface area contributed by atoms with Crippen molar-refractivity contribution in [1.29, 1.82) is 0 Å². The number of halogens is 3. The maximum Gasteiger partial charge on any atom is 0.433 e. The Kier molecular flexibility index (Phi) is 3.20. The third kappa shape index (κ3) is 2.76. The summed E-state index contributed by atoms with van der Waals surface area (Å²) in [6.07, 6.45) is -0.213. The molecule has 0 radical (unpaired) electrons. The topological polar surface area (TPSA) is 56.7 Å². The van der Waals surface area contributed by atoms with Crippen LogP contribution in [-0.2, 0) is 13.2 Å². The summed E-state index contributed by atoms with van der Waals surface area (Å²) in [5.41, 5.74) is 4.86. The highest BCUT2D eigenvalue weighted by molar-refractivity contribution is 7.99. The smallest absolute Gasteiger partial charge is 0.397 e. The predicted molar refractivity (Wildman–Crippen MR) is 61.0 cm³/mol. The van der Waals surface area contributed by atoms with Gasteiger partial charge in [0.25, 0.3) is 0 Å². The molecule has 96 valence electrons. The van der Waals surface area contributed by atoms with Crippen molar-refractivity contribution in [2.24, 2.45) is 7.05 Å². The molecule has 4 nitrogen and oxygen atoms in total. The Morgan fingerprint density at radius 2 is 2.06 bits per heavy atom. The zero-order chi connectivity index (χ0) is 13.3. The van der Waals surface area contributed by atoms with E-state index in [0.717, 1.165) is 24.0 Å². The second kappa shape index (κ2) is 4.52. The Morgan fingerprint density at radius 1 is 1.33 bits per heavy atom. The second-order valence-corrected chi connectivity index (χ2v) is 4.67. The quantitative estimate of drug-likeness (QED) is 0.914. The van der Waals surface area contributed by atoms with Crippen molar-refractivity contribution < 1.29 is 13.2 Å². The van der Waals surface area contributed by atoms with Gasteiger partial charge in [-0.05, 0) is 6.07 Å². The van der Waals surface area contributed by atoms with E-state index < -0.39 is 11.9 Å². The third-order valence-electron chi connectivity index (χ3n) is 2.09.